The standard InChI is InChI=1S/C22H35ClO2/c1-7-25-22(24)21(17(2)3)15-14-19(5)12-8-10-18(4)11-9-13-20(6)16-23/h10,13-15,17H,7-9,11-12,16H2,1-6H3/b18-10+,19-14+,20-13+,21-15+. The second-order valence-electron chi connectivity index (χ2n) is 6.82. The van der Waals surface area contributed by atoms with Crippen LogP contribution >= 0.6 is 11.6 Å². The molecule has 25 heavy (non-hydrogen) atoms. The maximum Gasteiger partial charge on any atom is 0.334 e. The second-order valence-corrected chi connectivity index (χ2v) is 7.09. The summed E-state index contributed by atoms with van der Waals surface area (Å²) in [6.45, 7) is 12.6. The van der Waals surface area contributed by atoms with Crippen LogP contribution in [0.15, 0.2) is 46.6 Å². The molecule has 0 fully saturated rings. The van der Waals surface area contributed by atoms with Gasteiger partial charge in [0.05, 0.1) is 6.61 Å². The summed E-state index contributed by atoms with van der Waals surface area (Å²) in [7, 11) is 0. The highest BCUT2D eigenvalue weighted by Gasteiger charge is 2.13. The van der Waals surface area contributed by atoms with E-state index in [1.807, 2.05) is 32.9 Å². The number of carbonyl (C=O) groups is 1. The summed E-state index contributed by atoms with van der Waals surface area (Å²) in [6, 6.07) is 0. The second kappa shape index (κ2) is 13.9. The van der Waals surface area contributed by atoms with E-state index in [9.17, 15) is 4.79 Å². The van der Waals surface area contributed by atoms with Crippen molar-refractivity contribution >= 4 is 17.6 Å². The van der Waals surface area contributed by atoms with Crippen LogP contribution in [-0.2, 0) is 9.53 Å². The van der Waals surface area contributed by atoms with Crippen molar-refractivity contribution in [3.05, 3.63) is 46.6 Å². The minimum absolute atomic E-state index is 0.162. The largest absolute Gasteiger partial charge is 0.463 e. The highest BCUT2D eigenvalue weighted by Crippen LogP contribution is 2.15. The molecule has 0 saturated heterocycles. The van der Waals surface area contributed by atoms with Crippen molar-refractivity contribution in [1.29, 1.82) is 0 Å². The average molecular weight is 367 g/mol. The molecule has 0 amide bonds. The van der Waals surface area contributed by atoms with Crippen LogP contribution in [0.4, 0.5) is 0 Å². The molecule has 0 aliphatic carbocycles. The molecule has 0 aliphatic heterocycles. The van der Waals surface area contributed by atoms with Gasteiger partial charge in [0.25, 0.3) is 0 Å². The Labute approximate surface area is 159 Å². The number of ether oxygens (including phenoxy) is 1. The molecule has 0 bridgehead atoms. The van der Waals surface area contributed by atoms with Gasteiger partial charge in [-0.05, 0) is 59.3 Å². The average Bonchev–Trinajstić information content (AvgIpc) is 2.54. The number of halogens is 1. The highest BCUT2D eigenvalue weighted by atomic mass is 35.5. The first-order valence-corrected chi connectivity index (χ1v) is 9.76. The number of hydrogen-bond donors (Lipinski definition) is 0. The minimum atomic E-state index is -0.211. The molecule has 0 spiro atoms. The first-order valence-electron chi connectivity index (χ1n) is 9.23. The van der Waals surface area contributed by atoms with Crippen LogP contribution in [0, 0.1) is 5.92 Å². The number of allylic oxidation sites excluding steroid dienone is 7. The molecule has 0 N–H and O–H groups in total. The van der Waals surface area contributed by atoms with Gasteiger partial charge < -0.3 is 4.74 Å². The Hall–Kier alpha value is -1.28. The third-order valence-corrected chi connectivity index (χ3v) is 4.38. The van der Waals surface area contributed by atoms with Gasteiger partial charge in [0.15, 0.2) is 0 Å². The zero-order chi connectivity index (χ0) is 19.2. The maximum atomic E-state index is 11.9. The Bertz CT molecular complexity index is 522. The van der Waals surface area contributed by atoms with Crippen LogP contribution in [0.2, 0.25) is 0 Å². The fourth-order valence-electron chi connectivity index (χ4n) is 2.28. The molecular formula is C22H35ClO2. The lowest BCUT2D eigenvalue weighted by atomic mass is 10.0. The van der Waals surface area contributed by atoms with Crippen molar-refractivity contribution in [2.24, 2.45) is 5.92 Å². The van der Waals surface area contributed by atoms with Gasteiger partial charge in [0.1, 0.15) is 0 Å². The predicted molar refractivity (Wildman–Crippen MR) is 110 cm³/mol. The van der Waals surface area contributed by atoms with E-state index in [2.05, 4.69) is 32.9 Å². The predicted octanol–water partition coefficient (Wildman–Crippen LogP) is 6.77. The normalized spacial score (nSPS) is 14.2. The SMILES string of the molecule is CCOC(=O)/C(=C/C=C(\C)CC/C=C(\C)CC/C=C(\C)CCl)C(C)C. The maximum absolute atomic E-state index is 11.9. The summed E-state index contributed by atoms with van der Waals surface area (Å²) in [5, 5.41) is 0. The summed E-state index contributed by atoms with van der Waals surface area (Å²) >= 11 is 5.77. The number of carbonyl (C=O) groups excluding carboxylic acids is 1. The van der Waals surface area contributed by atoms with Crippen molar-refractivity contribution in [2.75, 3.05) is 12.5 Å². The van der Waals surface area contributed by atoms with E-state index in [4.69, 9.17) is 16.3 Å². The van der Waals surface area contributed by atoms with Crippen molar-refractivity contribution < 1.29 is 9.53 Å². The van der Waals surface area contributed by atoms with Crippen LogP contribution in [0.3, 0.4) is 0 Å². The van der Waals surface area contributed by atoms with Gasteiger partial charge in [-0.1, -0.05) is 54.9 Å². The molecule has 2 nitrogen and oxygen atoms in total. The van der Waals surface area contributed by atoms with Gasteiger partial charge in [-0.2, -0.15) is 0 Å². The monoisotopic (exact) mass is 366 g/mol. The lowest BCUT2D eigenvalue weighted by molar-refractivity contribution is -0.139. The molecule has 0 rings (SSSR count). The lowest BCUT2D eigenvalue weighted by Gasteiger charge is -2.09. The third kappa shape index (κ3) is 11.8. The fraction of sp³-hybridized carbons (Fsp3) is 0.591. The summed E-state index contributed by atoms with van der Waals surface area (Å²) < 4.78 is 5.11. The third-order valence-electron chi connectivity index (χ3n) is 3.95. The zero-order valence-electron chi connectivity index (χ0n) is 16.8. The van der Waals surface area contributed by atoms with Crippen molar-refractivity contribution in [1.82, 2.24) is 0 Å². The Morgan fingerprint density at radius 1 is 0.960 bits per heavy atom. The fourth-order valence-corrected chi connectivity index (χ4v) is 2.38. The molecule has 0 radical (unpaired) electrons. The number of hydrogen-bond acceptors (Lipinski definition) is 2. The smallest absolute Gasteiger partial charge is 0.334 e. The van der Waals surface area contributed by atoms with E-state index in [-0.39, 0.29) is 11.9 Å². The van der Waals surface area contributed by atoms with Crippen molar-refractivity contribution in [2.45, 2.75) is 67.2 Å². The van der Waals surface area contributed by atoms with Gasteiger partial charge in [0.2, 0.25) is 0 Å². The summed E-state index contributed by atoms with van der Waals surface area (Å²) in [4.78, 5) is 11.9. The summed E-state index contributed by atoms with van der Waals surface area (Å²) in [5.74, 6) is 0.567. The number of alkyl halides is 1. The first-order chi connectivity index (χ1) is 11.8. The van der Waals surface area contributed by atoms with Gasteiger partial charge in [-0.3, -0.25) is 0 Å². The van der Waals surface area contributed by atoms with Gasteiger partial charge in [0, 0.05) is 11.5 Å². The van der Waals surface area contributed by atoms with E-state index in [0.29, 0.717) is 12.5 Å². The van der Waals surface area contributed by atoms with E-state index >= 15 is 0 Å². The molecule has 0 saturated carbocycles. The van der Waals surface area contributed by atoms with Crippen LogP contribution in [0.5, 0.6) is 0 Å². The van der Waals surface area contributed by atoms with Gasteiger partial charge in [-0.25, -0.2) is 4.79 Å². The quantitative estimate of drug-likeness (QED) is 0.132. The van der Waals surface area contributed by atoms with E-state index in [1.54, 1.807) is 0 Å². The lowest BCUT2D eigenvalue weighted by Crippen LogP contribution is -2.12. The Balaban J connectivity index is 4.54. The topological polar surface area (TPSA) is 26.3 Å². The minimum Gasteiger partial charge on any atom is -0.463 e. The summed E-state index contributed by atoms with van der Waals surface area (Å²) in [6.07, 6.45) is 12.6. The molecule has 0 aromatic heterocycles. The van der Waals surface area contributed by atoms with E-state index < -0.39 is 0 Å². The molecule has 0 atom stereocenters. The van der Waals surface area contributed by atoms with Gasteiger partial charge in [-0.15, -0.1) is 11.6 Å². The van der Waals surface area contributed by atoms with Crippen molar-refractivity contribution in [3.63, 3.8) is 0 Å². The summed E-state index contributed by atoms with van der Waals surface area (Å²) in [5.41, 5.74) is 4.65. The molecule has 0 unspecified atom stereocenters. The van der Waals surface area contributed by atoms with E-state index in [0.717, 1.165) is 31.3 Å². The Morgan fingerprint density at radius 2 is 1.52 bits per heavy atom. The molecule has 0 heterocycles. The van der Waals surface area contributed by atoms with Crippen LogP contribution < -0.4 is 0 Å². The molecule has 0 aromatic carbocycles. The van der Waals surface area contributed by atoms with E-state index in [1.165, 1.54) is 16.7 Å². The van der Waals surface area contributed by atoms with Gasteiger partial charge >= 0.3 is 5.97 Å². The zero-order valence-corrected chi connectivity index (χ0v) is 17.6. The molecule has 3 heteroatoms. The Morgan fingerprint density at radius 3 is 2.04 bits per heavy atom. The molecule has 142 valence electrons. The first kappa shape index (κ1) is 23.7. The Kier molecular flexibility index (Phi) is 13.2. The van der Waals surface area contributed by atoms with Crippen LogP contribution in [0.1, 0.15) is 67.2 Å². The van der Waals surface area contributed by atoms with Crippen LogP contribution in [0.25, 0.3) is 0 Å². The molecule has 0 aromatic rings. The number of esters is 1. The molecule has 0 aliphatic rings. The van der Waals surface area contributed by atoms with Crippen molar-refractivity contribution in [3.8, 4) is 0 Å². The molecular weight excluding hydrogens is 332 g/mol. The van der Waals surface area contributed by atoms with Crippen LogP contribution in [-0.4, -0.2) is 18.5 Å². The highest BCUT2D eigenvalue weighted by molar-refractivity contribution is 6.19. The number of rotatable bonds is 11.